The van der Waals surface area contributed by atoms with Gasteiger partial charge in [-0.1, -0.05) is 30.5 Å². The first-order valence-corrected chi connectivity index (χ1v) is 7.08. The van der Waals surface area contributed by atoms with E-state index in [4.69, 9.17) is 11.6 Å². The molecule has 0 radical (unpaired) electrons. The second-order valence-corrected chi connectivity index (χ2v) is 5.45. The monoisotopic (exact) mass is 300 g/mol. The van der Waals surface area contributed by atoms with Crippen molar-refractivity contribution in [3.63, 3.8) is 0 Å². The van der Waals surface area contributed by atoms with Gasteiger partial charge in [0, 0.05) is 6.54 Å². The molecule has 1 atom stereocenters. The number of aliphatic hydroxyl groups excluding tert-OH is 1. The molecule has 1 aromatic carbocycles. The SMILES string of the molecule is O=C(NCCC1CC1)NC(CO)c1ccc(Cl)c(F)c1. The van der Waals surface area contributed by atoms with Gasteiger partial charge in [-0.2, -0.15) is 0 Å². The molecule has 1 fully saturated rings. The zero-order chi connectivity index (χ0) is 14.5. The number of hydrogen-bond donors (Lipinski definition) is 3. The van der Waals surface area contributed by atoms with Gasteiger partial charge < -0.3 is 15.7 Å². The van der Waals surface area contributed by atoms with Crippen LogP contribution in [0.4, 0.5) is 9.18 Å². The number of aliphatic hydroxyl groups is 1. The van der Waals surface area contributed by atoms with Gasteiger partial charge in [0.15, 0.2) is 0 Å². The summed E-state index contributed by atoms with van der Waals surface area (Å²) in [6, 6.07) is 3.19. The number of urea groups is 1. The summed E-state index contributed by atoms with van der Waals surface area (Å²) in [4.78, 5) is 11.7. The Morgan fingerprint density at radius 3 is 2.85 bits per heavy atom. The van der Waals surface area contributed by atoms with Crippen molar-refractivity contribution in [3.05, 3.63) is 34.6 Å². The van der Waals surface area contributed by atoms with Crippen LogP contribution in [0.2, 0.25) is 5.02 Å². The minimum Gasteiger partial charge on any atom is -0.394 e. The smallest absolute Gasteiger partial charge is 0.315 e. The predicted molar refractivity (Wildman–Crippen MR) is 75.1 cm³/mol. The van der Waals surface area contributed by atoms with Crippen LogP contribution >= 0.6 is 11.6 Å². The lowest BCUT2D eigenvalue weighted by atomic mass is 10.1. The van der Waals surface area contributed by atoms with E-state index in [1.54, 1.807) is 6.07 Å². The normalized spacial score (nSPS) is 15.8. The molecule has 20 heavy (non-hydrogen) atoms. The summed E-state index contributed by atoms with van der Waals surface area (Å²) in [6.07, 6.45) is 3.46. The van der Waals surface area contributed by atoms with Gasteiger partial charge in [-0.3, -0.25) is 0 Å². The van der Waals surface area contributed by atoms with Crippen LogP contribution in [0.3, 0.4) is 0 Å². The minimum atomic E-state index is -0.650. The Labute approximate surface area is 122 Å². The molecule has 3 N–H and O–H groups in total. The second-order valence-electron chi connectivity index (χ2n) is 5.04. The molecule has 0 aromatic heterocycles. The van der Waals surface area contributed by atoms with Crippen LogP contribution in [0.15, 0.2) is 18.2 Å². The molecule has 1 saturated carbocycles. The lowest BCUT2D eigenvalue weighted by molar-refractivity contribution is 0.216. The molecule has 2 rings (SSSR count). The highest BCUT2D eigenvalue weighted by molar-refractivity contribution is 6.30. The molecule has 0 heterocycles. The van der Waals surface area contributed by atoms with E-state index in [-0.39, 0.29) is 17.7 Å². The van der Waals surface area contributed by atoms with Crippen molar-refractivity contribution < 1.29 is 14.3 Å². The Morgan fingerprint density at radius 2 is 2.25 bits per heavy atom. The summed E-state index contributed by atoms with van der Waals surface area (Å²) >= 11 is 5.60. The number of carbonyl (C=O) groups is 1. The standard InChI is InChI=1S/C14H18ClFN2O2/c15-11-4-3-10(7-12(11)16)13(8-19)18-14(20)17-6-5-9-1-2-9/h3-4,7,9,13,19H,1-2,5-6,8H2,(H2,17,18,20). The molecule has 1 aromatic rings. The average molecular weight is 301 g/mol. The highest BCUT2D eigenvalue weighted by Gasteiger charge is 2.21. The number of hydrogen-bond acceptors (Lipinski definition) is 2. The summed E-state index contributed by atoms with van der Waals surface area (Å²) in [5.74, 6) is 0.174. The average Bonchev–Trinajstić information content (AvgIpc) is 3.23. The van der Waals surface area contributed by atoms with Gasteiger partial charge in [-0.15, -0.1) is 0 Å². The van der Waals surface area contributed by atoms with Gasteiger partial charge in [0.25, 0.3) is 0 Å². The first-order chi connectivity index (χ1) is 9.60. The van der Waals surface area contributed by atoms with Crippen molar-refractivity contribution in [2.75, 3.05) is 13.2 Å². The highest BCUT2D eigenvalue weighted by Crippen LogP contribution is 2.31. The van der Waals surface area contributed by atoms with Crippen LogP contribution in [-0.2, 0) is 0 Å². The molecule has 4 nitrogen and oxygen atoms in total. The maximum Gasteiger partial charge on any atom is 0.315 e. The molecule has 0 spiro atoms. The summed E-state index contributed by atoms with van der Waals surface area (Å²) in [5.41, 5.74) is 0.478. The summed E-state index contributed by atoms with van der Waals surface area (Å²) in [5, 5.41) is 14.7. The Balaban J connectivity index is 1.86. The topological polar surface area (TPSA) is 61.4 Å². The van der Waals surface area contributed by atoms with Gasteiger partial charge in [0.1, 0.15) is 5.82 Å². The van der Waals surface area contributed by atoms with Crippen molar-refractivity contribution in [3.8, 4) is 0 Å². The largest absolute Gasteiger partial charge is 0.394 e. The van der Waals surface area contributed by atoms with E-state index in [0.29, 0.717) is 12.1 Å². The molecule has 2 amide bonds. The van der Waals surface area contributed by atoms with Crippen molar-refractivity contribution in [1.82, 2.24) is 10.6 Å². The molecule has 1 unspecified atom stereocenters. The Kier molecular flexibility index (Phi) is 5.20. The lowest BCUT2D eigenvalue weighted by Gasteiger charge is -2.17. The van der Waals surface area contributed by atoms with Crippen molar-refractivity contribution in [2.45, 2.75) is 25.3 Å². The number of halogens is 2. The fourth-order valence-electron chi connectivity index (χ4n) is 1.97. The van der Waals surface area contributed by atoms with E-state index in [2.05, 4.69) is 10.6 Å². The van der Waals surface area contributed by atoms with Crippen LogP contribution in [0, 0.1) is 11.7 Å². The van der Waals surface area contributed by atoms with E-state index < -0.39 is 11.9 Å². The molecular formula is C14H18ClFN2O2. The minimum absolute atomic E-state index is 0.0133. The molecular weight excluding hydrogens is 283 g/mol. The Morgan fingerprint density at radius 1 is 1.50 bits per heavy atom. The van der Waals surface area contributed by atoms with Crippen LogP contribution in [0.25, 0.3) is 0 Å². The van der Waals surface area contributed by atoms with Gasteiger partial charge in [0.05, 0.1) is 17.7 Å². The third-order valence-corrected chi connectivity index (χ3v) is 3.68. The molecule has 110 valence electrons. The van der Waals surface area contributed by atoms with Gasteiger partial charge in [-0.25, -0.2) is 9.18 Å². The molecule has 0 bridgehead atoms. The summed E-state index contributed by atoms with van der Waals surface area (Å²) in [7, 11) is 0. The van der Waals surface area contributed by atoms with E-state index in [0.717, 1.165) is 12.3 Å². The third kappa shape index (κ3) is 4.35. The summed E-state index contributed by atoms with van der Waals surface area (Å²) in [6.45, 7) is 0.306. The van der Waals surface area contributed by atoms with Crippen molar-refractivity contribution >= 4 is 17.6 Å². The zero-order valence-corrected chi connectivity index (χ0v) is 11.8. The summed E-state index contributed by atoms with van der Waals surface area (Å²) < 4.78 is 13.4. The maximum atomic E-state index is 13.4. The van der Waals surface area contributed by atoms with Crippen molar-refractivity contribution in [1.29, 1.82) is 0 Å². The lowest BCUT2D eigenvalue weighted by Crippen LogP contribution is -2.39. The van der Waals surface area contributed by atoms with Gasteiger partial charge in [-0.05, 0) is 30.0 Å². The first kappa shape index (κ1) is 15.1. The quantitative estimate of drug-likeness (QED) is 0.756. The maximum absolute atomic E-state index is 13.4. The molecule has 6 heteroatoms. The van der Waals surface area contributed by atoms with Crippen molar-refractivity contribution in [2.24, 2.45) is 5.92 Å². The number of carbonyl (C=O) groups excluding carboxylic acids is 1. The van der Waals surface area contributed by atoms with Crippen LogP contribution in [0.5, 0.6) is 0 Å². The fraction of sp³-hybridized carbons (Fsp3) is 0.500. The molecule has 0 saturated heterocycles. The van der Waals surface area contributed by atoms with E-state index in [1.165, 1.54) is 25.0 Å². The number of nitrogens with one attached hydrogen (secondary N) is 2. The van der Waals surface area contributed by atoms with Crippen LogP contribution in [-0.4, -0.2) is 24.3 Å². The second kappa shape index (κ2) is 6.90. The third-order valence-electron chi connectivity index (χ3n) is 3.37. The first-order valence-electron chi connectivity index (χ1n) is 6.70. The van der Waals surface area contributed by atoms with Crippen LogP contribution in [0.1, 0.15) is 30.9 Å². The highest BCUT2D eigenvalue weighted by atomic mass is 35.5. The van der Waals surface area contributed by atoms with Crippen LogP contribution < -0.4 is 10.6 Å². The molecule has 1 aliphatic carbocycles. The number of amides is 2. The van der Waals surface area contributed by atoms with E-state index >= 15 is 0 Å². The fourth-order valence-corrected chi connectivity index (χ4v) is 2.09. The van der Waals surface area contributed by atoms with Gasteiger partial charge in [0.2, 0.25) is 0 Å². The molecule has 1 aliphatic rings. The molecule has 0 aliphatic heterocycles. The van der Waals surface area contributed by atoms with E-state index in [9.17, 15) is 14.3 Å². The number of rotatable bonds is 6. The van der Waals surface area contributed by atoms with E-state index in [1.807, 2.05) is 0 Å². The Hall–Kier alpha value is -1.33. The zero-order valence-electron chi connectivity index (χ0n) is 11.0. The van der Waals surface area contributed by atoms with Gasteiger partial charge >= 0.3 is 6.03 Å². The Bertz CT molecular complexity index is 480. The predicted octanol–water partition coefficient (Wildman–Crippen LogP) is 2.61. The number of benzene rings is 1.